The normalized spacial score (nSPS) is 12.9. The van der Waals surface area contributed by atoms with E-state index in [2.05, 4.69) is 0 Å². The van der Waals surface area contributed by atoms with E-state index in [-0.39, 0.29) is 5.91 Å². The topological polar surface area (TPSA) is 29.5 Å². The largest absolute Gasteiger partial charge is 0.497 e. The minimum Gasteiger partial charge on any atom is -0.497 e. The number of nitrogens with zero attached hydrogens (tertiary/aromatic N) is 1. The van der Waals surface area contributed by atoms with Gasteiger partial charge in [0.05, 0.1) is 22.7 Å². The summed E-state index contributed by atoms with van der Waals surface area (Å²) in [5.41, 5.74) is 1.87. The number of hydrogen-bond acceptors (Lipinski definition) is 4. The highest BCUT2D eigenvalue weighted by molar-refractivity contribution is 8.01. The summed E-state index contributed by atoms with van der Waals surface area (Å²) in [5.74, 6) is 0.781. The first-order valence-electron chi connectivity index (χ1n) is 5.45. The maximum Gasteiger partial charge on any atom is 0.228 e. The molecule has 3 rings (SSSR count). The molecule has 92 valence electrons. The Labute approximate surface area is 113 Å². The van der Waals surface area contributed by atoms with Gasteiger partial charge in [0.25, 0.3) is 0 Å². The number of fused-ring (bicyclic) bond motifs is 2. The molecule has 1 aliphatic rings. The Bertz CT molecular complexity index is 621. The first-order valence-corrected chi connectivity index (χ1v) is 7.14. The fourth-order valence-electron chi connectivity index (χ4n) is 1.98. The van der Waals surface area contributed by atoms with Crippen LogP contribution in [0.25, 0.3) is 0 Å². The lowest BCUT2D eigenvalue weighted by molar-refractivity contribution is -0.115. The summed E-state index contributed by atoms with van der Waals surface area (Å²) in [4.78, 5) is 14.7. The van der Waals surface area contributed by atoms with Crippen molar-refractivity contribution >= 4 is 40.4 Å². The molecule has 0 bridgehead atoms. The predicted molar refractivity (Wildman–Crippen MR) is 74.3 cm³/mol. The van der Waals surface area contributed by atoms with E-state index in [0.29, 0.717) is 0 Å². The number of methoxy groups -OCH3 is 1. The number of carbonyl (C=O) groups excluding carboxylic acids is 1. The van der Waals surface area contributed by atoms with Crippen molar-refractivity contribution in [2.24, 2.45) is 0 Å². The second-order valence-electron chi connectivity index (χ2n) is 3.88. The number of carbonyl (C=O) groups is 1. The van der Waals surface area contributed by atoms with E-state index in [1.807, 2.05) is 29.6 Å². The molecule has 0 aliphatic carbocycles. The van der Waals surface area contributed by atoms with Crippen LogP contribution in [0.4, 0.5) is 11.4 Å². The Kier molecular flexibility index (Phi) is 2.80. The molecule has 2 aromatic rings. The second-order valence-corrected chi connectivity index (χ2v) is 6.11. The summed E-state index contributed by atoms with van der Waals surface area (Å²) in [6.45, 7) is 1.58. The fraction of sp³-hybridized carbons (Fsp3) is 0.154. The highest BCUT2D eigenvalue weighted by Gasteiger charge is 2.27. The van der Waals surface area contributed by atoms with Crippen LogP contribution in [0.15, 0.2) is 38.8 Å². The molecule has 18 heavy (non-hydrogen) atoms. The van der Waals surface area contributed by atoms with Gasteiger partial charge in [-0.25, -0.2) is 0 Å². The molecule has 5 heteroatoms. The predicted octanol–water partition coefficient (Wildman–Crippen LogP) is 3.91. The summed E-state index contributed by atoms with van der Waals surface area (Å²) in [7, 11) is 1.63. The van der Waals surface area contributed by atoms with Crippen LogP contribution in [0, 0.1) is 0 Å². The van der Waals surface area contributed by atoms with Crippen molar-refractivity contribution in [1.29, 1.82) is 0 Å². The van der Waals surface area contributed by atoms with E-state index in [1.165, 1.54) is 0 Å². The van der Waals surface area contributed by atoms with Crippen molar-refractivity contribution in [3.8, 4) is 5.75 Å². The van der Waals surface area contributed by atoms with Crippen molar-refractivity contribution in [2.45, 2.75) is 16.0 Å². The molecule has 1 aromatic carbocycles. The van der Waals surface area contributed by atoms with Gasteiger partial charge >= 0.3 is 0 Å². The maximum absolute atomic E-state index is 11.9. The minimum atomic E-state index is 0.0180. The molecule has 0 saturated heterocycles. The van der Waals surface area contributed by atoms with Crippen LogP contribution in [-0.4, -0.2) is 13.0 Å². The summed E-state index contributed by atoms with van der Waals surface area (Å²) in [6, 6.07) is 7.81. The molecule has 0 radical (unpaired) electrons. The van der Waals surface area contributed by atoms with Crippen LogP contribution in [-0.2, 0) is 4.79 Å². The van der Waals surface area contributed by atoms with Crippen molar-refractivity contribution < 1.29 is 9.53 Å². The Morgan fingerprint density at radius 3 is 2.83 bits per heavy atom. The van der Waals surface area contributed by atoms with E-state index in [1.54, 1.807) is 42.0 Å². The first kappa shape index (κ1) is 11.6. The Hall–Kier alpha value is -1.46. The second kappa shape index (κ2) is 4.33. The van der Waals surface area contributed by atoms with Crippen LogP contribution in [0.1, 0.15) is 6.92 Å². The summed E-state index contributed by atoms with van der Waals surface area (Å²) in [6.07, 6.45) is 0. The molecule has 0 spiro atoms. The lowest BCUT2D eigenvalue weighted by atomic mass is 10.2. The van der Waals surface area contributed by atoms with Crippen molar-refractivity contribution in [3.63, 3.8) is 0 Å². The first-order chi connectivity index (χ1) is 8.70. The zero-order chi connectivity index (χ0) is 12.7. The van der Waals surface area contributed by atoms with Crippen LogP contribution >= 0.6 is 23.1 Å². The standard InChI is InChI=1S/C13H11NO2S2/c1-8(15)14-10-5-6-17-13(10)18-12-4-3-9(16-2)7-11(12)14/h3-7H,1-2H3. The third-order valence-electron chi connectivity index (χ3n) is 2.78. The van der Waals surface area contributed by atoms with Crippen molar-refractivity contribution in [2.75, 3.05) is 12.0 Å². The van der Waals surface area contributed by atoms with Gasteiger partial charge < -0.3 is 4.74 Å². The van der Waals surface area contributed by atoms with Gasteiger partial charge in [0.1, 0.15) is 5.75 Å². The van der Waals surface area contributed by atoms with Crippen LogP contribution in [0.3, 0.4) is 0 Å². The van der Waals surface area contributed by atoms with Gasteiger partial charge in [-0.15, -0.1) is 11.3 Å². The lowest BCUT2D eigenvalue weighted by Crippen LogP contribution is -2.24. The third-order valence-corrected chi connectivity index (χ3v) is 4.97. The number of thiophene rings is 1. The number of benzene rings is 1. The Balaban J connectivity index is 2.19. The van der Waals surface area contributed by atoms with E-state index < -0.39 is 0 Å². The van der Waals surface area contributed by atoms with Gasteiger partial charge in [-0.05, 0) is 23.6 Å². The molecule has 1 amide bonds. The van der Waals surface area contributed by atoms with Crippen LogP contribution in [0.2, 0.25) is 0 Å². The number of ether oxygens (including phenoxy) is 1. The van der Waals surface area contributed by atoms with E-state index in [9.17, 15) is 4.79 Å². The zero-order valence-corrected chi connectivity index (χ0v) is 11.6. The summed E-state index contributed by atoms with van der Waals surface area (Å²) >= 11 is 3.36. The van der Waals surface area contributed by atoms with E-state index in [4.69, 9.17) is 4.74 Å². The van der Waals surface area contributed by atoms with E-state index in [0.717, 1.165) is 26.2 Å². The molecule has 0 N–H and O–H groups in total. The summed E-state index contributed by atoms with van der Waals surface area (Å²) < 4.78 is 6.39. The molecule has 1 aromatic heterocycles. The Morgan fingerprint density at radius 1 is 1.28 bits per heavy atom. The van der Waals surface area contributed by atoms with Gasteiger partial charge in [0.15, 0.2) is 0 Å². The van der Waals surface area contributed by atoms with Crippen molar-refractivity contribution in [1.82, 2.24) is 0 Å². The molecular weight excluding hydrogens is 266 g/mol. The van der Waals surface area contributed by atoms with Gasteiger partial charge in [0, 0.05) is 17.9 Å². The zero-order valence-electron chi connectivity index (χ0n) is 9.97. The molecule has 0 fully saturated rings. The smallest absolute Gasteiger partial charge is 0.228 e. The minimum absolute atomic E-state index is 0.0180. The molecule has 2 heterocycles. The molecule has 0 atom stereocenters. The number of anilines is 2. The van der Waals surface area contributed by atoms with Crippen LogP contribution < -0.4 is 9.64 Å². The Morgan fingerprint density at radius 2 is 2.11 bits per heavy atom. The van der Waals surface area contributed by atoms with Crippen molar-refractivity contribution in [3.05, 3.63) is 29.6 Å². The highest BCUT2D eigenvalue weighted by Crippen LogP contribution is 2.51. The van der Waals surface area contributed by atoms with Gasteiger partial charge in [-0.2, -0.15) is 0 Å². The lowest BCUT2D eigenvalue weighted by Gasteiger charge is -2.28. The molecular formula is C13H11NO2S2. The number of amides is 1. The van der Waals surface area contributed by atoms with Gasteiger partial charge in [0.2, 0.25) is 5.91 Å². The quantitative estimate of drug-likeness (QED) is 0.791. The fourth-order valence-corrected chi connectivity index (χ4v) is 4.07. The maximum atomic E-state index is 11.9. The summed E-state index contributed by atoms with van der Waals surface area (Å²) in [5, 5.41) is 2.01. The number of hydrogen-bond donors (Lipinski definition) is 0. The number of rotatable bonds is 1. The third kappa shape index (κ3) is 1.71. The van der Waals surface area contributed by atoms with Crippen LogP contribution in [0.5, 0.6) is 5.75 Å². The average Bonchev–Trinajstić information content (AvgIpc) is 2.82. The SMILES string of the molecule is COc1ccc2c(c1)N(C(C)=O)c1ccsc1S2. The average molecular weight is 277 g/mol. The highest BCUT2D eigenvalue weighted by atomic mass is 32.2. The van der Waals surface area contributed by atoms with E-state index >= 15 is 0 Å². The molecule has 1 aliphatic heterocycles. The van der Waals surface area contributed by atoms with Gasteiger partial charge in [-0.3, -0.25) is 9.69 Å². The monoisotopic (exact) mass is 277 g/mol. The molecule has 3 nitrogen and oxygen atoms in total. The van der Waals surface area contributed by atoms with Gasteiger partial charge in [-0.1, -0.05) is 11.8 Å². The molecule has 0 saturated carbocycles. The molecule has 0 unspecified atom stereocenters.